The molecule has 30 heavy (non-hydrogen) atoms. The Bertz CT molecular complexity index is 1240. The van der Waals surface area contributed by atoms with Crippen LogP contribution in [-0.2, 0) is 0 Å². The number of hydrogen-bond acceptors (Lipinski definition) is 9. The molecule has 1 fully saturated rings. The van der Waals surface area contributed by atoms with Crippen LogP contribution in [0.25, 0.3) is 22.5 Å². The second kappa shape index (κ2) is 7.78. The second-order valence-corrected chi connectivity index (χ2v) is 8.00. The maximum atomic E-state index is 9.00. The maximum absolute atomic E-state index is 9.00. The molecule has 0 radical (unpaired) electrons. The van der Waals surface area contributed by atoms with Gasteiger partial charge in [-0.1, -0.05) is 0 Å². The predicted octanol–water partition coefficient (Wildman–Crippen LogP) is 3.43. The summed E-state index contributed by atoms with van der Waals surface area (Å²) in [5.41, 5.74) is 3.17. The van der Waals surface area contributed by atoms with E-state index in [2.05, 4.69) is 41.3 Å². The summed E-state index contributed by atoms with van der Waals surface area (Å²) in [6.07, 6.45) is 7.20. The molecule has 4 aromatic heterocycles. The maximum Gasteiger partial charge on any atom is 0.251 e. The van der Waals surface area contributed by atoms with Gasteiger partial charge in [0.05, 0.1) is 22.9 Å². The summed E-state index contributed by atoms with van der Waals surface area (Å²) in [6.45, 7) is 1.77. The molecule has 5 rings (SSSR count). The predicted molar refractivity (Wildman–Crippen MR) is 113 cm³/mol. The zero-order valence-corrected chi connectivity index (χ0v) is 16.9. The SMILES string of the molecule is Cc1nnc(-c2cnc3[nH]ccc3c2N[C@H]2C[C@@H](NSc3cc(C#N)ccn3)C2)o1. The number of nitrogens with zero attached hydrogens (tertiary/aromatic N) is 5. The summed E-state index contributed by atoms with van der Waals surface area (Å²) in [5.74, 6) is 0.975. The molecule has 1 aliphatic rings. The Morgan fingerprint density at radius 2 is 2.13 bits per heavy atom. The van der Waals surface area contributed by atoms with Gasteiger partial charge in [-0.3, -0.25) is 4.72 Å². The van der Waals surface area contributed by atoms with E-state index < -0.39 is 0 Å². The molecule has 0 bridgehead atoms. The fourth-order valence-corrected chi connectivity index (χ4v) is 4.22. The minimum Gasteiger partial charge on any atom is -0.421 e. The zero-order chi connectivity index (χ0) is 20.5. The number of rotatable bonds is 6. The molecule has 3 N–H and O–H groups in total. The lowest BCUT2D eigenvalue weighted by Gasteiger charge is -2.37. The van der Waals surface area contributed by atoms with Crippen LogP contribution in [0.15, 0.2) is 46.2 Å². The Labute approximate surface area is 176 Å². The van der Waals surface area contributed by atoms with Crippen molar-refractivity contribution in [3.05, 3.63) is 48.2 Å². The average molecular weight is 418 g/mol. The van der Waals surface area contributed by atoms with Crippen LogP contribution in [0.1, 0.15) is 24.3 Å². The van der Waals surface area contributed by atoms with Crippen LogP contribution in [-0.4, -0.2) is 37.2 Å². The zero-order valence-electron chi connectivity index (χ0n) is 16.1. The van der Waals surface area contributed by atoms with E-state index in [1.807, 2.05) is 12.3 Å². The number of nitrogens with one attached hydrogen (secondary N) is 3. The quantitative estimate of drug-likeness (QED) is 0.403. The summed E-state index contributed by atoms with van der Waals surface area (Å²) in [6, 6.07) is 8.28. The number of fused-ring (bicyclic) bond motifs is 1. The monoisotopic (exact) mass is 418 g/mol. The van der Waals surface area contributed by atoms with Crippen molar-refractivity contribution >= 4 is 28.7 Å². The Morgan fingerprint density at radius 3 is 2.93 bits per heavy atom. The van der Waals surface area contributed by atoms with Crippen molar-refractivity contribution in [2.45, 2.75) is 36.9 Å². The number of H-pyrrole nitrogens is 1. The molecule has 0 unspecified atom stereocenters. The van der Waals surface area contributed by atoms with Crippen LogP contribution in [0.2, 0.25) is 0 Å². The van der Waals surface area contributed by atoms with Crippen LogP contribution in [0.4, 0.5) is 5.69 Å². The molecule has 4 aromatic rings. The van der Waals surface area contributed by atoms with E-state index in [0.29, 0.717) is 29.4 Å². The summed E-state index contributed by atoms with van der Waals surface area (Å²) < 4.78 is 9.07. The van der Waals surface area contributed by atoms with Crippen molar-refractivity contribution in [2.75, 3.05) is 5.32 Å². The molecule has 150 valence electrons. The van der Waals surface area contributed by atoms with Crippen LogP contribution < -0.4 is 10.0 Å². The van der Waals surface area contributed by atoms with Crippen LogP contribution in [0.3, 0.4) is 0 Å². The second-order valence-electron chi connectivity index (χ2n) is 7.14. The summed E-state index contributed by atoms with van der Waals surface area (Å²) >= 11 is 1.46. The van der Waals surface area contributed by atoms with Gasteiger partial charge in [-0.05, 0) is 43.0 Å². The van der Waals surface area contributed by atoms with Crippen molar-refractivity contribution in [2.24, 2.45) is 0 Å². The Hall–Kier alpha value is -3.42. The normalized spacial score (nSPS) is 18.1. The van der Waals surface area contributed by atoms with Crippen molar-refractivity contribution in [1.29, 1.82) is 5.26 Å². The van der Waals surface area contributed by atoms with Gasteiger partial charge >= 0.3 is 0 Å². The number of aryl methyl sites for hydroxylation is 1. The smallest absolute Gasteiger partial charge is 0.251 e. The first kappa shape index (κ1) is 18.6. The van der Waals surface area contributed by atoms with Gasteiger partial charge < -0.3 is 14.7 Å². The molecule has 0 saturated heterocycles. The van der Waals surface area contributed by atoms with Gasteiger partial charge in [0.2, 0.25) is 5.89 Å². The van der Waals surface area contributed by atoms with Crippen LogP contribution in [0.5, 0.6) is 0 Å². The molecule has 10 heteroatoms. The standard InChI is InChI=1S/C20H18N8OS/c1-11-26-27-20(29-11)16-10-24-19-15(3-5-23-19)18(16)25-13-7-14(8-13)28-30-17-6-12(9-21)2-4-22-17/h2-6,10,13-14,28H,7-8H2,1H3,(H2,23,24,25)/t13-,14+. The lowest BCUT2D eigenvalue weighted by atomic mass is 9.87. The summed E-state index contributed by atoms with van der Waals surface area (Å²) in [7, 11) is 0. The number of anilines is 1. The summed E-state index contributed by atoms with van der Waals surface area (Å²) in [5, 5.41) is 22.5. The molecule has 0 aromatic carbocycles. The Morgan fingerprint density at radius 1 is 1.23 bits per heavy atom. The van der Waals surface area contributed by atoms with Gasteiger partial charge in [-0.2, -0.15) is 5.26 Å². The average Bonchev–Trinajstić information content (AvgIpc) is 3.38. The third-order valence-electron chi connectivity index (χ3n) is 5.02. The van der Waals surface area contributed by atoms with Crippen LogP contribution >= 0.6 is 11.9 Å². The lowest BCUT2D eigenvalue weighted by molar-refractivity contribution is 0.355. The fraction of sp³-hybridized carbons (Fsp3) is 0.250. The van der Waals surface area contributed by atoms with Crippen molar-refractivity contribution in [1.82, 2.24) is 29.9 Å². The molecule has 0 spiro atoms. The fourth-order valence-electron chi connectivity index (χ4n) is 3.45. The highest BCUT2D eigenvalue weighted by Crippen LogP contribution is 2.36. The Kier molecular flexibility index (Phi) is 4.82. The topological polar surface area (TPSA) is 128 Å². The van der Waals surface area contributed by atoms with Crippen molar-refractivity contribution in [3.8, 4) is 17.5 Å². The van der Waals surface area contributed by atoms with Gasteiger partial charge in [-0.25, -0.2) is 9.97 Å². The van der Waals surface area contributed by atoms with Crippen LogP contribution in [0, 0.1) is 18.3 Å². The summed E-state index contributed by atoms with van der Waals surface area (Å²) in [4.78, 5) is 11.9. The van der Waals surface area contributed by atoms with Crippen molar-refractivity contribution < 1.29 is 4.42 Å². The third kappa shape index (κ3) is 3.60. The van der Waals surface area contributed by atoms with E-state index >= 15 is 0 Å². The number of nitriles is 1. The molecule has 0 atom stereocenters. The molecule has 4 heterocycles. The molecule has 9 nitrogen and oxygen atoms in total. The number of aromatic amines is 1. The van der Waals surface area contributed by atoms with E-state index in [-0.39, 0.29) is 0 Å². The van der Waals surface area contributed by atoms with Gasteiger partial charge in [-0.15, -0.1) is 10.2 Å². The van der Waals surface area contributed by atoms with Gasteiger partial charge in [0, 0.05) is 43.0 Å². The van der Waals surface area contributed by atoms with E-state index in [1.54, 1.807) is 31.5 Å². The first-order chi connectivity index (χ1) is 14.7. The Balaban J connectivity index is 1.27. The van der Waals surface area contributed by atoms with Gasteiger partial charge in [0.15, 0.2) is 0 Å². The third-order valence-corrected chi connectivity index (χ3v) is 5.91. The van der Waals surface area contributed by atoms with E-state index in [1.165, 1.54) is 11.9 Å². The molecule has 1 saturated carbocycles. The highest BCUT2D eigenvalue weighted by Gasteiger charge is 2.30. The van der Waals surface area contributed by atoms with E-state index in [4.69, 9.17) is 9.68 Å². The van der Waals surface area contributed by atoms with Crippen molar-refractivity contribution in [3.63, 3.8) is 0 Å². The van der Waals surface area contributed by atoms with Gasteiger partial charge in [0.25, 0.3) is 5.89 Å². The minimum atomic E-state index is 0.310. The van der Waals surface area contributed by atoms with E-state index in [0.717, 1.165) is 40.2 Å². The van der Waals surface area contributed by atoms with E-state index in [9.17, 15) is 0 Å². The first-order valence-electron chi connectivity index (χ1n) is 9.51. The lowest BCUT2D eigenvalue weighted by Crippen LogP contribution is -2.45. The molecule has 0 amide bonds. The highest BCUT2D eigenvalue weighted by molar-refractivity contribution is 7.97. The first-order valence-corrected chi connectivity index (χ1v) is 10.3. The minimum absolute atomic E-state index is 0.310. The molecule has 1 aliphatic carbocycles. The number of pyridine rings is 2. The molecular formula is C20H18N8OS. The number of hydrogen-bond donors (Lipinski definition) is 3. The largest absolute Gasteiger partial charge is 0.421 e. The number of aromatic nitrogens is 5. The van der Waals surface area contributed by atoms with Gasteiger partial charge in [0.1, 0.15) is 10.7 Å². The molecule has 0 aliphatic heterocycles. The molecular weight excluding hydrogens is 400 g/mol. The highest BCUT2D eigenvalue weighted by atomic mass is 32.2.